The summed E-state index contributed by atoms with van der Waals surface area (Å²) in [6.45, 7) is 9.95. The lowest BCUT2D eigenvalue weighted by Gasteiger charge is -2.22. The largest absolute Gasteiger partial charge is 0.481 e. The van der Waals surface area contributed by atoms with Gasteiger partial charge in [-0.15, -0.1) is 0 Å². The van der Waals surface area contributed by atoms with Crippen molar-refractivity contribution in [2.24, 2.45) is 0 Å². The van der Waals surface area contributed by atoms with Crippen molar-refractivity contribution < 1.29 is 19.1 Å². The van der Waals surface area contributed by atoms with Crippen molar-refractivity contribution in [2.45, 2.75) is 65.7 Å². The van der Waals surface area contributed by atoms with E-state index in [9.17, 15) is 9.59 Å². The van der Waals surface area contributed by atoms with Crippen LogP contribution in [0.5, 0.6) is 11.5 Å². The lowest BCUT2D eigenvalue weighted by Crippen LogP contribution is -2.48. The Bertz CT molecular complexity index is 834. The lowest BCUT2D eigenvalue weighted by molar-refractivity contribution is -0.130. The molecule has 0 saturated heterocycles. The third kappa shape index (κ3) is 7.96. The van der Waals surface area contributed by atoms with Gasteiger partial charge in [0.25, 0.3) is 11.8 Å². The number of ether oxygens (including phenoxy) is 2. The molecule has 0 aromatic heterocycles. The van der Waals surface area contributed by atoms with Crippen LogP contribution in [0.2, 0.25) is 0 Å². The van der Waals surface area contributed by atoms with Crippen molar-refractivity contribution in [1.29, 1.82) is 0 Å². The zero-order chi connectivity index (χ0) is 22.8. The van der Waals surface area contributed by atoms with Crippen LogP contribution in [0.1, 0.15) is 44.7 Å². The summed E-state index contributed by atoms with van der Waals surface area (Å²) < 4.78 is 11.6. The van der Waals surface area contributed by atoms with E-state index in [-0.39, 0.29) is 17.9 Å². The average molecular weight is 427 g/mol. The highest BCUT2D eigenvalue weighted by Crippen LogP contribution is 2.16. The first-order valence-electron chi connectivity index (χ1n) is 10.9. The van der Waals surface area contributed by atoms with E-state index in [0.717, 1.165) is 11.1 Å². The van der Waals surface area contributed by atoms with E-state index in [1.54, 1.807) is 0 Å². The molecule has 0 spiro atoms. The van der Waals surface area contributed by atoms with Gasteiger partial charge >= 0.3 is 0 Å². The van der Waals surface area contributed by atoms with Crippen molar-refractivity contribution >= 4 is 11.8 Å². The maximum Gasteiger partial charge on any atom is 0.261 e. The maximum absolute atomic E-state index is 12.6. The highest BCUT2D eigenvalue weighted by atomic mass is 16.5. The van der Waals surface area contributed by atoms with Crippen molar-refractivity contribution in [2.75, 3.05) is 6.54 Å². The molecule has 0 heterocycles. The SMILES string of the molecule is CC[C@H](Oc1ccc(C)cc1)C(=O)NC[C@@H](C)NC(=O)[C@@H](CC)Oc1ccc(C)cc1. The molecule has 0 unspecified atom stereocenters. The van der Waals surface area contributed by atoms with Gasteiger partial charge in [-0.3, -0.25) is 9.59 Å². The van der Waals surface area contributed by atoms with Gasteiger partial charge < -0.3 is 20.1 Å². The Kier molecular flexibility index (Phi) is 9.38. The van der Waals surface area contributed by atoms with Gasteiger partial charge in [0.1, 0.15) is 11.5 Å². The fraction of sp³-hybridized carbons (Fsp3) is 0.440. The smallest absolute Gasteiger partial charge is 0.261 e. The molecule has 0 bridgehead atoms. The monoisotopic (exact) mass is 426 g/mol. The lowest BCUT2D eigenvalue weighted by atomic mass is 10.2. The van der Waals surface area contributed by atoms with Crippen molar-refractivity contribution in [3.63, 3.8) is 0 Å². The number of hydrogen-bond acceptors (Lipinski definition) is 4. The van der Waals surface area contributed by atoms with E-state index in [2.05, 4.69) is 10.6 Å². The summed E-state index contributed by atoms with van der Waals surface area (Å²) in [5.74, 6) is 0.917. The van der Waals surface area contributed by atoms with E-state index in [1.807, 2.05) is 83.1 Å². The Morgan fingerprint density at radius 2 is 1.19 bits per heavy atom. The summed E-state index contributed by atoms with van der Waals surface area (Å²) in [6.07, 6.45) is -0.0860. The fourth-order valence-corrected chi connectivity index (χ4v) is 2.96. The molecule has 2 aromatic rings. The highest BCUT2D eigenvalue weighted by molar-refractivity contribution is 5.82. The summed E-state index contributed by atoms with van der Waals surface area (Å²) >= 11 is 0. The average Bonchev–Trinajstić information content (AvgIpc) is 2.76. The second-order valence-electron chi connectivity index (χ2n) is 7.81. The van der Waals surface area contributed by atoms with Gasteiger partial charge in [-0.2, -0.15) is 0 Å². The van der Waals surface area contributed by atoms with Crippen LogP contribution < -0.4 is 20.1 Å². The van der Waals surface area contributed by atoms with Crippen LogP contribution in [-0.2, 0) is 9.59 Å². The topological polar surface area (TPSA) is 76.7 Å². The molecular formula is C25H34N2O4. The van der Waals surface area contributed by atoms with Crippen molar-refractivity contribution in [3.05, 3.63) is 59.7 Å². The third-order valence-corrected chi connectivity index (χ3v) is 4.90. The number of aryl methyl sites for hydroxylation is 2. The molecule has 6 nitrogen and oxygen atoms in total. The quantitative estimate of drug-likeness (QED) is 0.571. The zero-order valence-corrected chi connectivity index (χ0v) is 19.1. The molecule has 3 atom stereocenters. The van der Waals surface area contributed by atoms with Gasteiger partial charge in [0.2, 0.25) is 0 Å². The van der Waals surface area contributed by atoms with E-state index in [1.165, 1.54) is 0 Å². The highest BCUT2D eigenvalue weighted by Gasteiger charge is 2.22. The Morgan fingerprint density at radius 3 is 1.61 bits per heavy atom. The first-order chi connectivity index (χ1) is 14.8. The molecule has 6 heteroatoms. The van der Waals surface area contributed by atoms with Gasteiger partial charge in [0, 0.05) is 12.6 Å². The third-order valence-electron chi connectivity index (χ3n) is 4.90. The van der Waals surface area contributed by atoms with Crippen LogP contribution in [0.25, 0.3) is 0 Å². The number of carbonyl (C=O) groups is 2. The number of amides is 2. The maximum atomic E-state index is 12.6. The predicted octanol–water partition coefficient (Wildman–Crippen LogP) is 3.94. The Balaban J connectivity index is 1.82. The first-order valence-corrected chi connectivity index (χ1v) is 10.9. The Hall–Kier alpha value is -3.02. The van der Waals surface area contributed by atoms with Gasteiger partial charge in [-0.25, -0.2) is 0 Å². The second kappa shape index (κ2) is 12.0. The van der Waals surface area contributed by atoms with Crippen LogP contribution in [0.4, 0.5) is 0 Å². The van der Waals surface area contributed by atoms with Crippen molar-refractivity contribution in [1.82, 2.24) is 10.6 Å². The summed E-state index contributed by atoms with van der Waals surface area (Å²) in [7, 11) is 0. The number of benzene rings is 2. The van der Waals surface area contributed by atoms with Crippen LogP contribution in [0.3, 0.4) is 0 Å². The Morgan fingerprint density at radius 1 is 0.774 bits per heavy atom. The number of carbonyl (C=O) groups excluding carboxylic acids is 2. The number of hydrogen-bond donors (Lipinski definition) is 2. The van der Waals surface area contributed by atoms with Crippen LogP contribution >= 0.6 is 0 Å². The van der Waals surface area contributed by atoms with Gasteiger partial charge in [-0.05, 0) is 57.9 Å². The summed E-state index contributed by atoms with van der Waals surface area (Å²) in [4.78, 5) is 25.1. The minimum atomic E-state index is -0.589. The molecule has 0 aliphatic carbocycles. The van der Waals surface area contributed by atoms with E-state index in [4.69, 9.17) is 9.47 Å². The molecule has 168 valence electrons. The molecule has 0 fully saturated rings. The van der Waals surface area contributed by atoms with E-state index >= 15 is 0 Å². The van der Waals surface area contributed by atoms with Gasteiger partial charge in [0.15, 0.2) is 12.2 Å². The van der Waals surface area contributed by atoms with E-state index < -0.39 is 12.2 Å². The standard InChI is InChI=1S/C25H34N2O4/c1-6-22(30-20-12-8-17(3)9-13-20)24(28)26-16-19(5)27-25(29)23(7-2)31-21-14-10-18(4)11-15-21/h8-15,19,22-23H,6-7,16H2,1-5H3,(H,26,28)(H,27,29)/t19-,22+,23-/m1/s1. The molecule has 2 aromatic carbocycles. The molecular weight excluding hydrogens is 392 g/mol. The first kappa shape index (κ1) is 24.3. The molecule has 2 rings (SSSR count). The van der Waals surface area contributed by atoms with Crippen molar-refractivity contribution in [3.8, 4) is 11.5 Å². The molecule has 0 aliphatic rings. The second-order valence-corrected chi connectivity index (χ2v) is 7.81. The molecule has 31 heavy (non-hydrogen) atoms. The molecule has 2 amide bonds. The molecule has 2 N–H and O–H groups in total. The summed E-state index contributed by atoms with van der Waals surface area (Å²) in [5.41, 5.74) is 2.26. The minimum absolute atomic E-state index is 0.201. The molecule has 0 aliphatic heterocycles. The van der Waals surface area contributed by atoms with Gasteiger partial charge in [0.05, 0.1) is 0 Å². The molecule has 0 saturated carbocycles. The van der Waals surface area contributed by atoms with Gasteiger partial charge in [-0.1, -0.05) is 49.2 Å². The Labute approximate surface area is 185 Å². The minimum Gasteiger partial charge on any atom is -0.481 e. The summed E-state index contributed by atoms with van der Waals surface area (Å²) in [5, 5.41) is 5.78. The summed E-state index contributed by atoms with van der Waals surface area (Å²) in [6, 6.07) is 15.0. The van der Waals surface area contributed by atoms with Crippen LogP contribution in [0, 0.1) is 13.8 Å². The predicted molar refractivity (Wildman–Crippen MR) is 122 cm³/mol. The molecule has 0 radical (unpaired) electrons. The van der Waals surface area contributed by atoms with E-state index in [0.29, 0.717) is 30.9 Å². The van der Waals surface area contributed by atoms with Crippen LogP contribution in [-0.4, -0.2) is 36.6 Å². The zero-order valence-electron chi connectivity index (χ0n) is 19.1. The van der Waals surface area contributed by atoms with Crippen LogP contribution in [0.15, 0.2) is 48.5 Å². The normalized spacial score (nSPS) is 13.6. The number of nitrogens with one attached hydrogen (secondary N) is 2. The fourth-order valence-electron chi connectivity index (χ4n) is 2.96. The number of rotatable bonds is 11.